The van der Waals surface area contributed by atoms with Gasteiger partial charge in [-0.25, -0.2) is 4.98 Å². The number of aryl methyl sites for hydroxylation is 3. The molecule has 0 bridgehead atoms. The van der Waals surface area contributed by atoms with Crippen LogP contribution in [0.4, 0.5) is 4.39 Å². The summed E-state index contributed by atoms with van der Waals surface area (Å²) in [5.74, 6) is -1.19. The molecule has 2 aromatic heterocycles. The lowest BCUT2D eigenvalue weighted by Crippen LogP contribution is -2.06. The van der Waals surface area contributed by atoms with E-state index >= 15 is 0 Å². The number of hydrogen-bond acceptors (Lipinski definition) is 4. The van der Waals surface area contributed by atoms with Crippen molar-refractivity contribution in [3.8, 4) is 11.3 Å². The summed E-state index contributed by atoms with van der Waals surface area (Å²) in [7, 11) is 0. The van der Waals surface area contributed by atoms with Crippen LogP contribution in [-0.2, 0) is 6.42 Å². The molecule has 2 heterocycles. The molecule has 28 heavy (non-hydrogen) atoms. The first-order valence-corrected chi connectivity index (χ1v) is 8.99. The minimum atomic E-state index is -0.805. The van der Waals surface area contributed by atoms with Crippen molar-refractivity contribution in [3.63, 3.8) is 0 Å². The van der Waals surface area contributed by atoms with Gasteiger partial charge in [0.15, 0.2) is 11.6 Å². The smallest absolute Gasteiger partial charge is 0.224 e. The maximum absolute atomic E-state index is 14.1. The van der Waals surface area contributed by atoms with Gasteiger partial charge in [0.2, 0.25) is 5.95 Å². The van der Waals surface area contributed by atoms with Crippen LogP contribution in [0.2, 0.25) is 0 Å². The number of nitrogens with zero attached hydrogens (tertiary/aromatic N) is 2. The van der Waals surface area contributed by atoms with Crippen LogP contribution in [0.15, 0.2) is 42.6 Å². The Labute approximate surface area is 163 Å². The molecule has 3 aromatic rings. The number of pyridine rings is 2. The van der Waals surface area contributed by atoms with Gasteiger partial charge in [-0.05, 0) is 63.6 Å². The van der Waals surface area contributed by atoms with Gasteiger partial charge in [-0.15, -0.1) is 0 Å². The van der Waals surface area contributed by atoms with Gasteiger partial charge in [-0.2, -0.15) is 4.39 Å². The molecular weight excluding hydrogens is 355 g/mol. The van der Waals surface area contributed by atoms with Crippen molar-refractivity contribution in [3.05, 3.63) is 82.1 Å². The molecule has 0 saturated carbocycles. The summed E-state index contributed by atoms with van der Waals surface area (Å²) < 4.78 is 14.1. The van der Waals surface area contributed by atoms with E-state index in [4.69, 9.17) is 0 Å². The van der Waals surface area contributed by atoms with Crippen molar-refractivity contribution in [2.75, 3.05) is 0 Å². The van der Waals surface area contributed by atoms with Crippen molar-refractivity contribution < 1.29 is 14.0 Å². The molecule has 3 rings (SSSR count). The molecule has 4 nitrogen and oxygen atoms in total. The third-order valence-electron chi connectivity index (χ3n) is 4.56. The Morgan fingerprint density at radius 2 is 1.68 bits per heavy atom. The van der Waals surface area contributed by atoms with Crippen LogP contribution in [0.25, 0.3) is 11.3 Å². The maximum Gasteiger partial charge on any atom is 0.224 e. The van der Waals surface area contributed by atoms with Crippen LogP contribution in [0.5, 0.6) is 0 Å². The Morgan fingerprint density at radius 3 is 2.29 bits per heavy atom. The van der Waals surface area contributed by atoms with E-state index < -0.39 is 5.95 Å². The molecule has 0 fully saturated rings. The lowest BCUT2D eigenvalue weighted by atomic mass is 9.98. The third-order valence-corrected chi connectivity index (χ3v) is 4.56. The Hall–Kier alpha value is -3.21. The zero-order valence-corrected chi connectivity index (χ0v) is 16.3. The third kappa shape index (κ3) is 4.19. The molecule has 142 valence electrons. The first kappa shape index (κ1) is 19.5. The van der Waals surface area contributed by atoms with E-state index in [1.165, 1.54) is 13.0 Å². The predicted octanol–water partition coefficient (Wildman–Crippen LogP) is 4.84. The first-order chi connectivity index (χ1) is 13.2. The van der Waals surface area contributed by atoms with Gasteiger partial charge in [0.25, 0.3) is 0 Å². The second kappa shape index (κ2) is 7.80. The molecule has 0 unspecified atom stereocenters. The van der Waals surface area contributed by atoms with Crippen molar-refractivity contribution >= 4 is 11.6 Å². The molecular formula is C23H21FN2O2. The summed E-state index contributed by atoms with van der Waals surface area (Å²) in [6, 6.07) is 10.6. The summed E-state index contributed by atoms with van der Waals surface area (Å²) in [5, 5.41) is 0. The number of ketones is 2. The Kier molecular flexibility index (Phi) is 5.45. The molecule has 0 saturated heterocycles. The Balaban J connectivity index is 1.92. The highest BCUT2D eigenvalue weighted by atomic mass is 19.1. The van der Waals surface area contributed by atoms with Crippen LogP contribution in [0, 0.1) is 26.7 Å². The van der Waals surface area contributed by atoms with E-state index in [9.17, 15) is 14.0 Å². The first-order valence-electron chi connectivity index (χ1n) is 8.99. The Morgan fingerprint density at radius 1 is 1.00 bits per heavy atom. The molecule has 1 aromatic carbocycles. The normalized spacial score (nSPS) is 10.8. The fourth-order valence-corrected chi connectivity index (χ4v) is 3.20. The number of hydrogen-bond donors (Lipinski definition) is 0. The molecule has 5 heteroatoms. The van der Waals surface area contributed by atoms with E-state index in [0.717, 1.165) is 16.7 Å². The van der Waals surface area contributed by atoms with Crippen molar-refractivity contribution in [1.82, 2.24) is 9.97 Å². The fourth-order valence-electron chi connectivity index (χ4n) is 3.20. The van der Waals surface area contributed by atoms with E-state index in [1.54, 1.807) is 25.3 Å². The van der Waals surface area contributed by atoms with E-state index in [1.807, 2.05) is 32.0 Å². The minimum absolute atomic E-state index is 0.00512. The number of benzene rings is 1. The van der Waals surface area contributed by atoms with Crippen LogP contribution in [-0.4, -0.2) is 21.5 Å². The lowest BCUT2D eigenvalue weighted by Gasteiger charge is -2.09. The van der Waals surface area contributed by atoms with Gasteiger partial charge in [0.1, 0.15) is 0 Å². The minimum Gasteiger partial charge on any atom is -0.294 e. The highest BCUT2D eigenvalue weighted by Crippen LogP contribution is 2.23. The molecule has 0 atom stereocenters. The summed E-state index contributed by atoms with van der Waals surface area (Å²) in [6.07, 6.45) is 1.84. The topological polar surface area (TPSA) is 59.9 Å². The predicted molar refractivity (Wildman–Crippen MR) is 106 cm³/mol. The van der Waals surface area contributed by atoms with Crippen LogP contribution >= 0.6 is 0 Å². The van der Waals surface area contributed by atoms with Gasteiger partial charge in [-0.3, -0.25) is 14.6 Å². The number of carbonyl (C=O) groups excluding carboxylic acids is 2. The zero-order chi connectivity index (χ0) is 20.4. The summed E-state index contributed by atoms with van der Waals surface area (Å²) >= 11 is 0. The maximum atomic E-state index is 14.1. The number of rotatable bonds is 5. The highest BCUT2D eigenvalue weighted by Gasteiger charge is 2.14. The second-order valence-electron chi connectivity index (χ2n) is 7.04. The van der Waals surface area contributed by atoms with Crippen molar-refractivity contribution in [1.29, 1.82) is 0 Å². The summed E-state index contributed by atoms with van der Waals surface area (Å²) in [6.45, 7) is 7.01. The number of aromatic nitrogens is 2. The summed E-state index contributed by atoms with van der Waals surface area (Å²) in [5.41, 5.74) is 5.11. The molecule has 0 aliphatic rings. The molecule has 0 N–H and O–H groups in total. The Bertz CT molecular complexity index is 1070. The molecule has 0 radical (unpaired) electrons. The average Bonchev–Trinajstić information content (AvgIpc) is 2.62. The van der Waals surface area contributed by atoms with Crippen LogP contribution < -0.4 is 0 Å². The van der Waals surface area contributed by atoms with Gasteiger partial charge < -0.3 is 0 Å². The number of Topliss-reactive ketones (excluding diaryl/α,β-unsaturated/α-hetero) is 2. The monoisotopic (exact) mass is 376 g/mol. The second-order valence-corrected chi connectivity index (χ2v) is 7.04. The van der Waals surface area contributed by atoms with Gasteiger partial charge >= 0.3 is 0 Å². The van der Waals surface area contributed by atoms with Crippen LogP contribution in [0.3, 0.4) is 0 Å². The standard InChI is InChI=1S/C23H21FN2O2/c1-13-7-14(2)9-18(8-13)22(28)11-17-10-20(15(3)25-12-17)21-6-5-19(16(4)27)23(24)26-21/h5-10,12H,11H2,1-4H3. The quantitative estimate of drug-likeness (QED) is 0.472. The zero-order valence-electron chi connectivity index (χ0n) is 16.3. The SMILES string of the molecule is CC(=O)c1ccc(-c2cc(CC(=O)c3cc(C)cc(C)c3)cnc2C)nc1F. The highest BCUT2D eigenvalue weighted by molar-refractivity contribution is 5.98. The molecule has 0 aliphatic heterocycles. The van der Waals surface area contributed by atoms with E-state index in [2.05, 4.69) is 9.97 Å². The molecule has 0 aliphatic carbocycles. The van der Waals surface area contributed by atoms with Crippen molar-refractivity contribution in [2.24, 2.45) is 0 Å². The lowest BCUT2D eigenvalue weighted by molar-refractivity contribution is 0.0989. The molecule has 0 spiro atoms. The summed E-state index contributed by atoms with van der Waals surface area (Å²) in [4.78, 5) is 32.4. The van der Waals surface area contributed by atoms with Gasteiger partial charge in [-0.1, -0.05) is 17.2 Å². The van der Waals surface area contributed by atoms with Gasteiger partial charge in [0.05, 0.1) is 11.3 Å². The average molecular weight is 376 g/mol. The van der Waals surface area contributed by atoms with Gasteiger partial charge in [0, 0.05) is 29.4 Å². The largest absolute Gasteiger partial charge is 0.294 e. The van der Waals surface area contributed by atoms with Crippen molar-refractivity contribution in [2.45, 2.75) is 34.1 Å². The number of carbonyl (C=O) groups is 2. The number of halogens is 1. The van der Waals surface area contributed by atoms with E-state index in [-0.39, 0.29) is 23.6 Å². The van der Waals surface area contributed by atoms with E-state index in [0.29, 0.717) is 22.5 Å². The van der Waals surface area contributed by atoms with Crippen LogP contribution in [0.1, 0.15) is 50.0 Å². The fraction of sp³-hybridized carbons (Fsp3) is 0.217. The molecule has 0 amide bonds.